The number of carboxylic acid groups (broad SMARTS) is 1. The average Bonchev–Trinajstić information content (AvgIpc) is 2.55. The molecule has 5 heteroatoms. The van der Waals surface area contributed by atoms with Crippen LogP contribution in [0.5, 0.6) is 0 Å². The second-order valence-corrected chi connectivity index (χ2v) is 9.95. The highest BCUT2D eigenvalue weighted by atomic mass is 28.3. The third-order valence-electron chi connectivity index (χ3n) is 3.99. The van der Waals surface area contributed by atoms with E-state index in [-0.39, 0.29) is 17.1 Å². The summed E-state index contributed by atoms with van der Waals surface area (Å²) in [5.41, 5.74) is 0.00831. The lowest BCUT2D eigenvalue weighted by atomic mass is 9.88. The van der Waals surface area contributed by atoms with E-state index in [2.05, 4.69) is 33.9 Å². The zero-order valence-electron chi connectivity index (χ0n) is 12.4. The Morgan fingerprint density at radius 2 is 1.94 bits per heavy atom. The number of carbonyl (C=O) groups is 1. The Balaban J connectivity index is 2.86. The molecule has 1 aliphatic rings. The van der Waals surface area contributed by atoms with Crippen LogP contribution in [0.1, 0.15) is 40.5 Å². The van der Waals surface area contributed by atoms with Gasteiger partial charge in [0.1, 0.15) is 0 Å². The molecule has 1 fully saturated rings. The smallest absolute Gasteiger partial charge is 0.303 e. The van der Waals surface area contributed by atoms with Gasteiger partial charge >= 0.3 is 5.97 Å². The summed E-state index contributed by atoms with van der Waals surface area (Å²) in [5, 5.41) is 8.56. The van der Waals surface area contributed by atoms with Crippen LogP contribution in [0, 0.1) is 5.41 Å². The Bertz CT molecular complexity index is 323. The molecular weight excluding hydrogens is 248 g/mol. The number of ether oxygens (including phenoxy) is 2. The van der Waals surface area contributed by atoms with Crippen LogP contribution < -0.4 is 0 Å². The minimum atomic E-state index is -1.11. The molecule has 1 aliphatic heterocycles. The molecule has 0 bridgehead atoms. The largest absolute Gasteiger partial charge is 0.481 e. The number of hydrogen-bond acceptors (Lipinski definition) is 3. The fourth-order valence-corrected chi connectivity index (χ4v) is 5.32. The summed E-state index contributed by atoms with van der Waals surface area (Å²) in [7, 11) is -1.11. The van der Waals surface area contributed by atoms with Crippen LogP contribution in [0.15, 0.2) is 0 Å². The van der Waals surface area contributed by atoms with Gasteiger partial charge in [-0.3, -0.25) is 4.79 Å². The van der Waals surface area contributed by atoms with Gasteiger partial charge in [-0.05, 0) is 12.3 Å². The van der Waals surface area contributed by atoms with Gasteiger partial charge in [-0.25, -0.2) is 0 Å². The molecule has 0 aromatic rings. The second kappa shape index (κ2) is 4.94. The molecule has 0 aliphatic carbocycles. The normalized spacial score (nSPS) is 33.1. The van der Waals surface area contributed by atoms with Gasteiger partial charge in [0.2, 0.25) is 0 Å². The summed E-state index contributed by atoms with van der Waals surface area (Å²) >= 11 is 0. The van der Waals surface area contributed by atoms with E-state index >= 15 is 0 Å². The van der Waals surface area contributed by atoms with Gasteiger partial charge in [0, 0.05) is 6.42 Å². The number of rotatable bonds is 4. The molecule has 0 aromatic heterocycles. The second-order valence-electron chi connectivity index (χ2n) is 6.71. The van der Waals surface area contributed by atoms with Crippen molar-refractivity contribution < 1.29 is 19.4 Å². The summed E-state index contributed by atoms with van der Waals surface area (Å²) in [6, 6.07) is 0. The summed E-state index contributed by atoms with van der Waals surface area (Å²) in [4.78, 5) is 10.7. The molecular formula is C13H26O4Si. The lowest BCUT2D eigenvalue weighted by Gasteiger charge is -2.44. The summed E-state index contributed by atoms with van der Waals surface area (Å²) in [6.07, 6.45) is 0.484. The van der Waals surface area contributed by atoms with Gasteiger partial charge in [0.05, 0.1) is 27.0 Å². The first-order chi connectivity index (χ1) is 8.02. The maximum absolute atomic E-state index is 10.7. The summed E-state index contributed by atoms with van der Waals surface area (Å²) in [6.45, 7) is 13.5. The molecule has 1 rings (SSSR count). The first kappa shape index (κ1) is 15.7. The molecule has 0 amide bonds. The predicted molar refractivity (Wildman–Crippen MR) is 73.4 cm³/mol. The number of aliphatic carboxylic acids is 1. The first-order valence-electron chi connectivity index (χ1n) is 6.58. The fraction of sp³-hybridized carbons (Fsp3) is 0.923. The number of hydrogen-bond donors (Lipinski definition) is 1. The third-order valence-corrected chi connectivity index (χ3v) is 7.00. The van der Waals surface area contributed by atoms with Crippen LogP contribution in [0.2, 0.25) is 13.1 Å². The van der Waals surface area contributed by atoms with E-state index in [1.807, 2.05) is 6.92 Å². The van der Waals surface area contributed by atoms with Crippen molar-refractivity contribution in [1.82, 2.24) is 0 Å². The van der Waals surface area contributed by atoms with E-state index in [1.165, 1.54) is 0 Å². The summed E-state index contributed by atoms with van der Waals surface area (Å²) in [5.74, 6) is -1.55. The van der Waals surface area contributed by atoms with E-state index in [0.29, 0.717) is 13.0 Å². The van der Waals surface area contributed by atoms with E-state index in [4.69, 9.17) is 14.6 Å². The first-order valence-corrected chi connectivity index (χ1v) is 9.47. The van der Waals surface area contributed by atoms with Crippen LogP contribution in [0.25, 0.3) is 0 Å². The van der Waals surface area contributed by atoms with Crippen molar-refractivity contribution in [3.63, 3.8) is 0 Å². The number of carboxylic acids is 1. The van der Waals surface area contributed by atoms with Gasteiger partial charge in [0.25, 0.3) is 0 Å². The van der Waals surface area contributed by atoms with Gasteiger partial charge in [-0.15, -0.1) is 0 Å². The average molecular weight is 274 g/mol. The molecule has 0 radical (unpaired) electrons. The highest BCUT2D eigenvalue weighted by molar-refractivity contribution is 6.59. The highest BCUT2D eigenvalue weighted by Crippen LogP contribution is 2.46. The molecule has 2 atom stereocenters. The SMILES string of the molecule is C[SiH](C)C1(C(C)(C)C)COC(C)(CCC(=O)O)O1. The zero-order chi connectivity index (χ0) is 14.2. The van der Waals surface area contributed by atoms with E-state index in [9.17, 15) is 4.79 Å². The minimum absolute atomic E-state index is 0.00831. The van der Waals surface area contributed by atoms with Gasteiger partial charge < -0.3 is 14.6 Å². The van der Waals surface area contributed by atoms with Crippen molar-refractivity contribution in [2.45, 2.75) is 64.6 Å². The molecule has 18 heavy (non-hydrogen) atoms. The van der Waals surface area contributed by atoms with Crippen molar-refractivity contribution in [2.24, 2.45) is 5.41 Å². The van der Waals surface area contributed by atoms with Crippen molar-refractivity contribution in [3.8, 4) is 0 Å². The molecule has 1 N–H and O–H groups in total. The Morgan fingerprint density at radius 1 is 1.39 bits per heavy atom. The molecule has 0 saturated carbocycles. The molecule has 4 nitrogen and oxygen atoms in total. The maximum Gasteiger partial charge on any atom is 0.303 e. The van der Waals surface area contributed by atoms with E-state index < -0.39 is 20.6 Å². The molecule has 0 aromatic carbocycles. The van der Waals surface area contributed by atoms with Crippen LogP contribution in [0.3, 0.4) is 0 Å². The molecule has 0 spiro atoms. The van der Waals surface area contributed by atoms with E-state index in [0.717, 1.165) is 0 Å². The van der Waals surface area contributed by atoms with E-state index in [1.54, 1.807) is 0 Å². The molecule has 1 heterocycles. The monoisotopic (exact) mass is 274 g/mol. The Kier molecular flexibility index (Phi) is 4.30. The quantitative estimate of drug-likeness (QED) is 0.800. The predicted octanol–water partition coefficient (Wildman–Crippen LogP) is 2.42. The fourth-order valence-electron chi connectivity index (χ4n) is 2.68. The lowest BCUT2D eigenvalue weighted by Crippen LogP contribution is -2.56. The Hall–Kier alpha value is -0.393. The Labute approximate surface area is 111 Å². The van der Waals surface area contributed by atoms with Gasteiger partial charge in [-0.2, -0.15) is 0 Å². The third kappa shape index (κ3) is 2.95. The van der Waals surface area contributed by atoms with Gasteiger partial charge in [-0.1, -0.05) is 33.9 Å². The van der Waals surface area contributed by atoms with Crippen LogP contribution >= 0.6 is 0 Å². The Morgan fingerprint density at radius 3 is 2.28 bits per heavy atom. The minimum Gasteiger partial charge on any atom is -0.481 e. The molecule has 1 saturated heterocycles. The lowest BCUT2D eigenvalue weighted by molar-refractivity contribution is -0.183. The molecule has 2 unspecified atom stereocenters. The standard InChI is InChI=1S/C13H26O4Si/c1-11(2,3)13(18(5)6)9-16-12(4,17-13)8-7-10(14)15/h18H,7-9H2,1-6H3,(H,14,15). The van der Waals surface area contributed by atoms with Crippen molar-refractivity contribution in [3.05, 3.63) is 0 Å². The highest BCUT2D eigenvalue weighted by Gasteiger charge is 2.56. The maximum atomic E-state index is 10.7. The molecule has 106 valence electrons. The zero-order valence-corrected chi connectivity index (χ0v) is 13.5. The summed E-state index contributed by atoms with van der Waals surface area (Å²) < 4.78 is 12.1. The van der Waals surface area contributed by atoms with Crippen molar-refractivity contribution in [2.75, 3.05) is 6.61 Å². The van der Waals surface area contributed by atoms with Crippen LogP contribution in [-0.4, -0.2) is 37.5 Å². The van der Waals surface area contributed by atoms with Crippen LogP contribution in [0.4, 0.5) is 0 Å². The van der Waals surface area contributed by atoms with Crippen molar-refractivity contribution in [1.29, 1.82) is 0 Å². The topological polar surface area (TPSA) is 55.8 Å². The van der Waals surface area contributed by atoms with Crippen molar-refractivity contribution >= 4 is 14.8 Å². The van der Waals surface area contributed by atoms with Gasteiger partial charge in [0.15, 0.2) is 5.79 Å². The van der Waals surface area contributed by atoms with Crippen LogP contribution in [-0.2, 0) is 14.3 Å².